The minimum atomic E-state index is -3.02. The molecule has 0 bridgehead atoms. The first-order chi connectivity index (χ1) is 70.0. The number of hydrogen-bond donors (Lipinski definition) is 0. The number of aromatic nitrogens is 2. The Morgan fingerprint density at radius 1 is 0.176 bits per heavy atom. The molecule has 4 atom stereocenters. The van der Waals surface area contributed by atoms with E-state index in [1.807, 2.05) is 191 Å². The van der Waals surface area contributed by atoms with Gasteiger partial charge in [0.25, 0.3) is 0 Å². The summed E-state index contributed by atoms with van der Waals surface area (Å²) >= 11 is 7.32. The maximum absolute atomic E-state index is 15.2. The third-order valence-corrected chi connectivity index (χ3v) is 46.9. The second kappa shape index (κ2) is 32.1. The lowest BCUT2D eigenvalue weighted by Crippen LogP contribution is -2.21. The lowest BCUT2D eigenvalue weighted by atomic mass is 9.97. The van der Waals surface area contributed by atoms with Gasteiger partial charge in [-0.3, -0.25) is 0 Å². The average Bonchev–Trinajstić information content (AvgIpc) is 1.54. The van der Waals surface area contributed by atoms with E-state index in [9.17, 15) is 0 Å². The van der Waals surface area contributed by atoms with Gasteiger partial charge in [0.2, 0.25) is 0 Å². The van der Waals surface area contributed by atoms with Gasteiger partial charge < -0.3 is 27.4 Å². The van der Waals surface area contributed by atoms with Crippen molar-refractivity contribution in [2.24, 2.45) is 0 Å². The van der Waals surface area contributed by atoms with E-state index in [1.165, 1.54) is 114 Å². The van der Waals surface area contributed by atoms with Gasteiger partial charge in [0.1, 0.15) is 0 Å². The molecule has 6 nitrogen and oxygen atoms in total. The summed E-state index contributed by atoms with van der Waals surface area (Å²) in [6, 6.07) is 165. The summed E-state index contributed by atoms with van der Waals surface area (Å²) in [5.41, 5.74) is 15.7. The molecule has 10 heterocycles. The van der Waals surface area contributed by atoms with E-state index >= 15 is 18.3 Å². The van der Waals surface area contributed by atoms with E-state index in [2.05, 4.69) is 337 Å². The number of rotatable bonds is 6. The molecule has 0 amide bonds. The minimum Gasteiger partial charge on any atom is -0.309 e. The van der Waals surface area contributed by atoms with Crippen molar-refractivity contribution in [2.75, 3.05) is 0 Å². The Kier molecular flexibility index (Phi) is 18.9. The molecule has 22 aromatic carbocycles. The second-order valence-corrected chi connectivity index (χ2v) is 52.1. The highest BCUT2D eigenvalue weighted by atomic mass is 32.1. The molecule has 0 saturated heterocycles. The van der Waals surface area contributed by atoms with Crippen molar-refractivity contribution in [3.8, 4) is 55.9 Å². The van der Waals surface area contributed by atoms with Crippen LogP contribution in [0.25, 0.3) is 202 Å². The molecule has 0 radical (unpaired) electrons. The number of hydrogen-bond acceptors (Lipinski definition) is 8. The van der Waals surface area contributed by atoms with Crippen LogP contribution in [0.5, 0.6) is 0 Å². The van der Waals surface area contributed by atoms with Crippen LogP contribution in [-0.4, -0.2) is 9.13 Å². The fourth-order valence-electron chi connectivity index (χ4n) is 23.5. The zero-order valence-electron chi connectivity index (χ0n) is 76.0. The summed E-state index contributed by atoms with van der Waals surface area (Å²) in [5.74, 6) is 0. The lowest BCUT2D eigenvalue weighted by molar-refractivity contribution is 0.592. The minimum absolute atomic E-state index is 0.888. The summed E-state index contributed by atoms with van der Waals surface area (Å²) in [6.45, 7) is 0. The van der Waals surface area contributed by atoms with E-state index in [0.717, 1.165) is 152 Å². The smallest absolute Gasteiger partial charge is 0.172 e. The SMILES string of the molecule is O=P1(c2ccccc2)c2cc3c(cc2-c2c1ccc1ccccc21)sc1ccccc13.O=P1(c2ccccc2)c2cc3c(cc2-c2ccc4ccccc4c21)sc1ccccc13.O=P1(c2ccccc2)c2ccccc2-c2cc3c(cc21)c1ccccc1n3-c1cccc2c1sc1ccccc12.O=P1(c2ccccc2)c2ccccc2-c2cc3c(cc21)c1ccccc1n3-c1cccc2sc3ccccc3c12. The molecule has 142 heavy (non-hydrogen) atoms. The van der Waals surface area contributed by atoms with Crippen LogP contribution in [0.15, 0.2) is 473 Å². The lowest BCUT2D eigenvalue weighted by Gasteiger charge is -2.17. The van der Waals surface area contributed by atoms with Crippen molar-refractivity contribution < 1.29 is 18.3 Å². The van der Waals surface area contributed by atoms with Crippen LogP contribution in [0.3, 0.4) is 0 Å². The fraction of sp³-hybridized carbons (Fsp3) is 0. The highest BCUT2D eigenvalue weighted by molar-refractivity contribution is 7.88. The van der Waals surface area contributed by atoms with E-state index in [0.29, 0.717) is 0 Å². The molecule has 4 unspecified atom stereocenters. The highest BCUT2D eigenvalue weighted by Crippen LogP contribution is 2.61. The van der Waals surface area contributed by atoms with Crippen LogP contribution >= 0.6 is 73.9 Å². The molecule has 0 spiro atoms. The normalized spacial score (nSPS) is 16.7. The molecule has 0 aliphatic carbocycles. The molecule has 668 valence electrons. The van der Waals surface area contributed by atoms with Crippen LogP contribution in [-0.2, 0) is 18.3 Å². The third-order valence-electron chi connectivity index (χ3n) is 29.7. The summed E-state index contributed by atoms with van der Waals surface area (Å²) in [7, 11) is -12.0. The molecule has 32 rings (SSSR count). The Bertz CT molecular complexity index is 10500. The molecule has 0 N–H and O–H groups in total. The van der Waals surface area contributed by atoms with E-state index in [-0.39, 0.29) is 0 Å². The zero-order valence-corrected chi connectivity index (χ0v) is 82.8. The van der Waals surface area contributed by atoms with E-state index < -0.39 is 28.6 Å². The van der Waals surface area contributed by atoms with Crippen molar-refractivity contribution in [3.63, 3.8) is 0 Å². The van der Waals surface area contributed by atoms with E-state index in [1.54, 1.807) is 0 Å². The topological polar surface area (TPSA) is 78.1 Å². The van der Waals surface area contributed by atoms with Gasteiger partial charge in [-0.25, -0.2) is 0 Å². The summed E-state index contributed by atoms with van der Waals surface area (Å²) in [6.07, 6.45) is 0. The largest absolute Gasteiger partial charge is 0.309 e. The Hall–Kier alpha value is -15.2. The van der Waals surface area contributed by atoms with Crippen molar-refractivity contribution >= 4 is 283 Å². The second-order valence-electron chi connectivity index (χ2n) is 37.1. The van der Waals surface area contributed by atoms with Gasteiger partial charge in [-0.05, 0) is 170 Å². The number of nitrogens with zero attached hydrogens (tertiary/aromatic N) is 2. The van der Waals surface area contributed by atoms with Gasteiger partial charge in [-0.2, -0.15) is 0 Å². The molecule has 4 aliphatic rings. The number of benzene rings is 22. The maximum Gasteiger partial charge on any atom is 0.172 e. The molecule has 4 aliphatic heterocycles. The quantitative estimate of drug-likeness (QED) is 0.155. The van der Waals surface area contributed by atoms with Gasteiger partial charge in [-0.1, -0.05) is 364 Å². The predicted octanol–water partition coefficient (Wildman–Crippen LogP) is 31.2. The molecule has 0 saturated carbocycles. The van der Waals surface area contributed by atoms with Gasteiger partial charge in [0.05, 0.1) is 38.1 Å². The molecule has 14 heteroatoms. The zero-order chi connectivity index (χ0) is 94.0. The predicted molar refractivity (Wildman–Crippen MR) is 615 cm³/mol. The fourth-order valence-corrected chi connectivity index (χ4v) is 40.6. The van der Waals surface area contributed by atoms with Crippen molar-refractivity contribution in [1.29, 1.82) is 0 Å². The monoisotopic (exact) mass is 1960 g/mol. The molecule has 28 aromatic rings. The number of fused-ring (bicyclic) bond motifs is 34. The standard InChI is InChI=1S/2C36H22NOPS.2C28H17OPS/c38-39(23-11-2-1-3-12-23)33-19-8-5-14-25(33)29-21-32-28(22-34(29)39)24-13-4-7-17-30(24)37(32)31-18-10-16-27-26-15-6-9-20-35(26)40-36(27)31;38-39(23-11-2-1-3-12-23)32-18-8-5-14-25(32)28-21-31-27(22-33(28)39)24-13-4-7-16-29(24)37(31)30-17-10-20-35-36(30)26-15-6-9-19-34(26)40-35;29-30(19-9-2-1-3-10-19)24-15-14-18-8-4-5-11-20(18)28(24)23-17-27-22(16-25(23)30)21-12-6-7-13-26(21)31-27;29-30(19-9-2-1-3-10-19)25-16-24-21-12-6-7-13-26(21)31-27(24)17-23(25)22-15-14-18-8-4-5-11-20(18)28(22)30/h2*1-22H;2*1-17H. The van der Waals surface area contributed by atoms with Crippen molar-refractivity contribution in [1.82, 2.24) is 9.13 Å². The van der Waals surface area contributed by atoms with Gasteiger partial charge in [-0.15, -0.1) is 45.3 Å². The summed E-state index contributed by atoms with van der Waals surface area (Å²) in [5, 5.41) is 30.5. The Labute approximate surface area is 832 Å². The highest BCUT2D eigenvalue weighted by Gasteiger charge is 2.47. The Balaban J connectivity index is 0.0000000911. The van der Waals surface area contributed by atoms with Crippen LogP contribution in [0.2, 0.25) is 0 Å². The molecular formula is C128H78N2O4P4S4. The van der Waals surface area contributed by atoms with Crippen LogP contribution in [0, 0.1) is 0 Å². The van der Waals surface area contributed by atoms with Gasteiger partial charge >= 0.3 is 0 Å². The van der Waals surface area contributed by atoms with E-state index in [4.69, 9.17) is 0 Å². The van der Waals surface area contributed by atoms with Crippen molar-refractivity contribution in [2.45, 2.75) is 0 Å². The summed E-state index contributed by atoms with van der Waals surface area (Å²) in [4.78, 5) is 0. The Morgan fingerprint density at radius 3 is 1.08 bits per heavy atom. The first kappa shape index (κ1) is 83.7. The maximum atomic E-state index is 15.2. The van der Waals surface area contributed by atoms with Crippen LogP contribution in [0.1, 0.15) is 0 Å². The number of para-hydroxylation sites is 2. The first-order valence-electron chi connectivity index (χ1n) is 47.7. The van der Waals surface area contributed by atoms with Crippen LogP contribution < -0.4 is 63.7 Å². The van der Waals surface area contributed by atoms with Crippen LogP contribution in [0.4, 0.5) is 0 Å². The van der Waals surface area contributed by atoms with Gasteiger partial charge in [0, 0.05) is 167 Å². The summed E-state index contributed by atoms with van der Waals surface area (Å²) < 4.78 is 75.6. The Morgan fingerprint density at radius 2 is 0.528 bits per heavy atom. The average molecular weight is 1960 g/mol. The molecule has 0 fully saturated rings. The van der Waals surface area contributed by atoms with Gasteiger partial charge in [0.15, 0.2) is 28.6 Å². The number of thiophene rings is 4. The third kappa shape index (κ3) is 12.1. The molecule has 6 aromatic heterocycles. The van der Waals surface area contributed by atoms with Crippen molar-refractivity contribution in [3.05, 3.63) is 473 Å². The first-order valence-corrected chi connectivity index (χ1v) is 57.8. The molecular weight excluding hydrogens is 1880 g/mol.